The van der Waals surface area contributed by atoms with Crippen molar-refractivity contribution in [2.75, 3.05) is 0 Å². The number of nitrogens with one attached hydrogen (secondary N) is 1. The van der Waals surface area contributed by atoms with Crippen molar-refractivity contribution in [3.8, 4) is 0 Å². The molecule has 0 heterocycles. The van der Waals surface area contributed by atoms with Crippen molar-refractivity contribution < 1.29 is 24.6 Å². The number of amides is 1. The van der Waals surface area contributed by atoms with Crippen LogP contribution >= 0.6 is 0 Å². The summed E-state index contributed by atoms with van der Waals surface area (Å²) in [5.74, 6) is -2.36. The van der Waals surface area contributed by atoms with Crippen LogP contribution in [0.4, 0.5) is 0 Å². The van der Waals surface area contributed by atoms with Gasteiger partial charge < -0.3 is 15.5 Å². The van der Waals surface area contributed by atoms with E-state index in [1.807, 2.05) is 18.2 Å². The van der Waals surface area contributed by atoms with E-state index in [2.05, 4.69) is 5.32 Å². The summed E-state index contributed by atoms with van der Waals surface area (Å²) >= 11 is 0. The number of carboxylic acid groups (broad SMARTS) is 2. The molecular weight excluding hydrogens is 274 g/mol. The number of carboxylic acids is 2. The van der Waals surface area contributed by atoms with Gasteiger partial charge in [0.15, 0.2) is 0 Å². The van der Waals surface area contributed by atoms with Crippen molar-refractivity contribution in [2.45, 2.75) is 38.1 Å². The molecule has 0 aliphatic carbocycles. The van der Waals surface area contributed by atoms with Crippen LogP contribution in [0.15, 0.2) is 30.3 Å². The van der Waals surface area contributed by atoms with Gasteiger partial charge in [0.2, 0.25) is 5.91 Å². The lowest BCUT2D eigenvalue weighted by molar-refractivity contribution is -0.141. The maximum Gasteiger partial charge on any atom is 0.326 e. The molecule has 6 nitrogen and oxygen atoms in total. The van der Waals surface area contributed by atoms with Gasteiger partial charge in [0, 0.05) is 19.3 Å². The van der Waals surface area contributed by atoms with E-state index in [4.69, 9.17) is 10.2 Å². The first-order valence-corrected chi connectivity index (χ1v) is 6.77. The molecule has 21 heavy (non-hydrogen) atoms. The fourth-order valence-electron chi connectivity index (χ4n) is 1.88. The number of hydrogen-bond acceptors (Lipinski definition) is 3. The second-order valence-electron chi connectivity index (χ2n) is 4.75. The lowest BCUT2D eigenvalue weighted by Crippen LogP contribution is -2.42. The van der Waals surface area contributed by atoms with E-state index in [1.54, 1.807) is 12.1 Å². The van der Waals surface area contributed by atoms with Gasteiger partial charge in [-0.15, -0.1) is 0 Å². The summed E-state index contributed by atoms with van der Waals surface area (Å²) in [5, 5.41) is 20.1. The molecule has 0 fully saturated rings. The summed E-state index contributed by atoms with van der Waals surface area (Å²) in [7, 11) is 0. The molecule has 3 N–H and O–H groups in total. The van der Waals surface area contributed by atoms with Gasteiger partial charge in [0.25, 0.3) is 0 Å². The summed E-state index contributed by atoms with van der Waals surface area (Å²) < 4.78 is 0. The Morgan fingerprint density at radius 1 is 1.00 bits per heavy atom. The van der Waals surface area contributed by atoms with Crippen LogP contribution < -0.4 is 5.32 Å². The van der Waals surface area contributed by atoms with Gasteiger partial charge in [0.05, 0.1) is 0 Å². The highest BCUT2D eigenvalue weighted by molar-refractivity contribution is 5.83. The summed E-state index contributed by atoms with van der Waals surface area (Å²) in [6.45, 7) is 0. The highest BCUT2D eigenvalue weighted by Gasteiger charge is 2.20. The lowest BCUT2D eigenvalue weighted by Gasteiger charge is -2.14. The number of unbranched alkanes of at least 4 members (excludes halogenated alkanes) is 1. The molecule has 1 aromatic rings. The number of carbonyl (C=O) groups is 3. The minimum absolute atomic E-state index is 0.0135. The Hall–Kier alpha value is -2.37. The molecule has 0 aromatic heterocycles. The first-order valence-electron chi connectivity index (χ1n) is 6.77. The molecule has 0 aliphatic rings. The van der Waals surface area contributed by atoms with Crippen molar-refractivity contribution in [3.63, 3.8) is 0 Å². The van der Waals surface area contributed by atoms with Gasteiger partial charge >= 0.3 is 11.9 Å². The standard InChI is InChI=1S/C15H19NO5/c17-13(8-4-5-9-14(18)19)16-12(15(20)21)10-11-6-2-1-3-7-11/h1-3,6-7,12H,4-5,8-10H2,(H,16,17)(H,18,19)(H,20,21). The second kappa shape index (κ2) is 8.73. The first kappa shape index (κ1) is 16.7. The predicted octanol–water partition coefficient (Wildman–Crippen LogP) is 1.44. The molecule has 1 rings (SSSR count). The molecule has 114 valence electrons. The molecule has 1 atom stereocenters. The molecule has 1 amide bonds. The van der Waals surface area contributed by atoms with Gasteiger partial charge in [-0.25, -0.2) is 4.79 Å². The van der Waals surface area contributed by atoms with Gasteiger partial charge in [-0.2, -0.15) is 0 Å². The number of carbonyl (C=O) groups excluding carboxylic acids is 1. The third kappa shape index (κ3) is 7.10. The number of hydrogen-bond donors (Lipinski definition) is 3. The van der Waals surface area contributed by atoms with Gasteiger partial charge in [-0.3, -0.25) is 9.59 Å². The Morgan fingerprint density at radius 2 is 1.62 bits per heavy atom. The molecule has 0 bridgehead atoms. The SMILES string of the molecule is O=C(O)CCCCC(=O)NC(Cc1ccccc1)C(=O)O. The Labute approximate surface area is 122 Å². The second-order valence-corrected chi connectivity index (χ2v) is 4.75. The topological polar surface area (TPSA) is 104 Å². The maximum atomic E-state index is 11.7. The minimum atomic E-state index is -1.09. The normalized spacial score (nSPS) is 11.6. The highest BCUT2D eigenvalue weighted by Crippen LogP contribution is 2.05. The van der Waals surface area contributed by atoms with Crippen LogP contribution in [0.25, 0.3) is 0 Å². The van der Waals surface area contributed by atoms with Crippen LogP contribution in [0.2, 0.25) is 0 Å². The third-order valence-electron chi connectivity index (χ3n) is 2.96. The van der Waals surface area contributed by atoms with Gasteiger partial charge in [-0.1, -0.05) is 30.3 Å². The van der Waals surface area contributed by atoms with Crippen molar-refractivity contribution in [2.24, 2.45) is 0 Å². The Kier molecular flexibility index (Phi) is 6.94. The van der Waals surface area contributed by atoms with Crippen molar-refractivity contribution in [1.82, 2.24) is 5.32 Å². The van der Waals surface area contributed by atoms with Crippen LogP contribution in [0.3, 0.4) is 0 Å². The number of aliphatic carboxylic acids is 2. The zero-order chi connectivity index (χ0) is 15.7. The molecule has 0 radical (unpaired) electrons. The van der Waals surface area contributed by atoms with E-state index < -0.39 is 18.0 Å². The fourth-order valence-corrected chi connectivity index (χ4v) is 1.88. The molecule has 0 saturated heterocycles. The van der Waals surface area contributed by atoms with E-state index in [0.29, 0.717) is 12.8 Å². The van der Waals surface area contributed by atoms with Crippen LogP contribution in [-0.2, 0) is 20.8 Å². The van der Waals surface area contributed by atoms with Crippen molar-refractivity contribution in [1.29, 1.82) is 0 Å². The molecule has 1 aromatic carbocycles. The van der Waals surface area contributed by atoms with E-state index in [1.165, 1.54) is 0 Å². The molecule has 0 spiro atoms. The van der Waals surface area contributed by atoms with E-state index in [0.717, 1.165) is 5.56 Å². The Bertz CT molecular complexity index is 486. The fraction of sp³-hybridized carbons (Fsp3) is 0.400. The van der Waals surface area contributed by atoms with Gasteiger partial charge in [0.1, 0.15) is 6.04 Å². The quantitative estimate of drug-likeness (QED) is 0.598. The number of rotatable bonds is 9. The summed E-state index contributed by atoms with van der Waals surface area (Å²) in [5.41, 5.74) is 0.830. The molecular formula is C15H19NO5. The summed E-state index contributed by atoms with van der Waals surface area (Å²) in [4.78, 5) is 33.2. The average Bonchev–Trinajstić information content (AvgIpc) is 2.44. The summed E-state index contributed by atoms with van der Waals surface area (Å²) in [6.07, 6.45) is 1.19. The maximum absolute atomic E-state index is 11.7. The van der Waals surface area contributed by atoms with Gasteiger partial charge in [-0.05, 0) is 18.4 Å². The highest BCUT2D eigenvalue weighted by atomic mass is 16.4. The van der Waals surface area contributed by atoms with Crippen molar-refractivity contribution >= 4 is 17.8 Å². The Balaban J connectivity index is 2.41. The van der Waals surface area contributed by atoms with Crippen LogP contribution in [0, 0.1) is 0 Å². The largest absolute Gasteiger partial charge is 0.481 e. The van der Waals surface area contributed by atoms with Crippen LogP contribution in [0.5, 0.6) is 0 Å². The van der Waals surface area contributed by atoms with Crippen LogP contribution in [0.1, 0.15) is 31.2 Å². The molecule has 1 unspecified atom stereocenters. The molecule has 0 aliphatic heterocycles. The average molecular weight is 293 g/mol. The molecule has 6 heteroatoms. The Morgan fingerprint density at radius 3 is 2.19 bits per heavy atom. The number of benzene rings is 1. The summed E-state index contributed by atoms with van der Waals surface area (Å²) in [6, 6.07) is 8.08. The van der Waals surface area contributed by atoms with E-state index >= 15 is 0 Å². The van der Waals surface area contributed by atoms with E-state index in [-0.39, 0.29) is 25.2 Å². The third-order valence-corrected chi connectivity index (χ3v) is 2.96. The lowest BCUT2D eigenvalue weighted by atomic mass is 10.1. The predicted molar refractivity (Wildman–Crippen MR) is 75.8 cm³/mol. The van der Waals surface area contributed by atoms with E-state index in [9.17, 15) is 14.4 Å². The zero-order valence-corrected chi connectivity index (χ0v) is 11.6. The first-order chi connectivity index (χ1) is 9.99. The smallest absolute Gasteiger partial charge is 0.326 e. The molecule has 0 saturated carbocycles. The van der Waals surface area contributed by atoms with Crippen molar-refractivity contribution in [3.05, 3.63) is 35.9 Å². The zero-order valence-electron chi connectivity index (χ0n) is 11.6. The monoisotopic (exact) mass is 293 g/mol. The van der Waals surface area contributed by atoms with Crippen LogP contribution in [-0.4, -0.2) is 34.1 Å². The minimum Gasteiger partial charge on any atom is -0.481 e.